The average molecular weight is 421 g/mol. The normalized spacial score (nSPS) is 14.3. The van der Waals surface area contributed by atoms with Crippen LogP contribution in [0.15, 0.2) is 53.5 Å². The second-order valence-electron chi connectivity index (χ2n) is 6.49. The Labute approximate surface area is 167 Å². The number of amides is 1. The standard InChI is InChI=1S/C20H15F4N3OS/c1-26-16-11-29-10-14(16)18(27(26)12-6-3-2-4-7-12)25-19(28)13-8-5-9-15(17(13)21)20(22,23)24/h2-9H,10-11H2,1H3/b25-18+. The molecule has 4 rings (SSSR count). The van der Waals surface area contributed by atoms with Gasteiger partial charge in [0.1, 0.15) is 5.82 Å². The summed E-state index contributed by atoms with van der Waals surface area (Å²) in [6, 6.07) is 11.8. The van der Waals surface area contributed by atoms with Gasteiger partial charge < -0.3 is 0 Å². The van der Waals surface area contributed by atoms with Gasteiger partial charge in [-0.15, -0.1) is 0 Å². The summed E-state index contributed by atoms with van der Waals surface area (Å²) in [4.78, 5) is 16.8. The summed E-state index contributed by atoms with van der Waals surface area (Å²) < 4.78 is 57.0. The third-order valence-corrected chi connectivity index (χ3v) is 5.71. The second-order valence-corrected chi connectivity index (χ2v) is 7.48. The summed E-state index contributed by atoms with van der Waals surface area (Å²) in [5.41, 5.74) is 0.647. The highest BCUT2D eigenvalue weighted by Crippen LogP contribution is 2.33. The van der Waals surface area contributed by atoms with Gasteiger partial charge in [-0.3, -0.25) is 9.48 Å². The van der Waals surface area contributed by atoms with Gasteiger partial charge in [-0.2, -0.15) is 29.9 Å². The number of para-hydroxylation sites is 1. The number of carbonyl (C=O) groups excluding carboxylic acids is 1. The molecule has 2 heterocycles. The minimum Gasteiger partial charge on any atom is -0.285 e. The zero-order valence-corrected chi connectivity index (χ0v) is 16.0. The van der Waals surface area contributed by atoms with Crippen LogP contribution in [-0.2, 0) is 24.7 Å². The molecule has 1 aliphatic rings. The molecule has 4 nitrogen and oxygen atoms in total. The topological polar surface area (TPSA) is 39.3 Å². The van der Waals surface area contributed by atoms with E-state index in [-0.39, 0.29) is 0 Å². The summed E-state index contributed by atoms with van der Waals surface area (Å²) in [6.45, 7) is 0. The van der Waals surface area contributed by atoms with Gasteiger partial charge in [-0.25, -0.2) is 9.07 Å². The molecule has 9 heteroatoms. The van der Waals surface area contributed by atoms with Crippen LogP contribution < -0.4 is 5.49 Å². The molecule has 2 aromatic carbocycles. The Morgan fingerprint density at radius 1 is 1.07 bits per heavy atom. The van der Waals surface area contributed by atoms with E-state index < -0.39 is 29.0 Å². The van der Waals surface area contributed by atoms with E-state index in [0.717, 1.165) is 34.8 Å². The van der Waals surface area contributed by atoms with Gasteiger partial charge in [-0.1, -0.05) is 24.3 Å². The van der Waals surface area contributed by atoms with Crippen molar-refractivity contribution >= 4 is 17.7 Å². The van der Waals surface area contributed by atoms with E-state index in [0.29, 0.717) is 17.3 Å². The quantitative estimate of drug-likeness (QED) is 0.573. The van der Waals surface area contributed by atoms with Crippen LogP contribution in [0.1, 0.15) is 27.2 Å². The van der Waals surface area contributed by atoms with Crippen LogP contribution in [0.5, 0.6) is 0 Å². The van der Waals surface area contributed by atoms with Gasteiger partial charge in [0.25, 0.3) is 5.91 Å². The van der Waals surface area contributed by atoms with Crippen molar-refractivity contribution in [2.45, 2.75) is 17.7 Å². The summed E-state index contributed by atoms with van der Waals surface area (Å²) in [7, 11) is 1.83. The number of rotatable bonds is 2. The predicted octanol–water partition coefficient (Wildman–Crippen LogP) is 4.46. The van der Waals surface area contributed by atoms with Crippen molar-refractivity contribution in [3.05, 3.63) is 82.2 Å². The number of nitrogens with zero attached hydrogens (tertiary/aromatic N) is 3. The highest BCUT2D eigenvalue weighted by Gasteiger charge is 2.35. The SMILES string of the molecule is Cn1c2c(/c(=N\C(=O)c3cccc(C(F)(F)F)c3F)n1-c1ccccc1)CSC2. The molecule has 0 aliphatic carbocycles. The lowest BCUT2D eigenvalue weighted by atomic mass is 10.1. The number of carbonyl (C=O) groups is 1. The summed E-state index contributed by atoms with van der Waals surface area (Å²) >= 11 is 1.65. The number of hydrogen-bond donors (Lipinski definition) is 0. The fraction of sp³-hybridized carbons (Fsp3) is 0.200. The summed E-state index contributed by atoms with van der Waals surface area (Å²) in [5, 5.41) is 0. The Bertz CT molecular complexity index is 1160. The number of benzene rings is 2. The minimum atomic E-state index is -4.89. The number of halogens is 4. The van der Waals surface area contributed by atoms with Crippen molar-refractivity contribution in [2.75, 3.05) is 0 Å². The summed E-state index contributed by atoms with van der Waals surface area (Å²) in [5.74, 6) is -1.33. The van der Waals surface area contributed by atoms with Gasteiger partial charge in [0.05, 0.1) is 22.5 Å². The van der Waals surface area contributed by atoms with Crippen LogP contribution in [0.4, 0.5) is 17.6 Å². The lowest BCUT2D eigenvalue weighted by Gasteiger charge is -2.11. The van der Waals surface area contributed by atoms with E-state index in [4.69, 9.17) is 0 Å². The van der Waals surface area contributed by atoms with E-state index in [1.54, 1.807) is 16.4 Å². The maximum absolute atomic E-state index is 14.4. The molecule has 0 saturated heterocycles. The first-order valence-corrected chi connectivity index (χ1v) is 9.82. The van der Waals surface area contributed by atoms with Crippen LogP contribution in [0.3, 0.4) is 0 Å². The van der Waals surface area contributed by atoms with Crippen molar-refractivity contribution in [3.8, 4) is 5.69 Å². The third kappa shape index (κ3) is 3.39. The summed E-state index contributed by atoms with van der Waals surface area (Å²) in [6.07, 6.45) is -4.89. The second kappa shape index (κ2) is 7.22. The van der Waals surface area contributed by atoms with Crippen LogP contribution in [-0.4, -0.2) is 15.3 Å². The monoisotopic (exact) mass is 421 g/mol. The lowest BCUT2D eigenvalue weighted by Crippen LogP contribution is -2.24. The van der Waals surface area contributed by atoms with Gasteiger partial charge >= 0.3 is 6.18 Å². The Balaban J connectivity index is 1.91. The van der Waals surface area contributed by atoms with Crippen molar-refractivity contribution in [1.82, 2.24) is 9.36 Å². The zero-order chi connectivity index (χ0) is 20.8. The van der Waals surface area contributed by atoms with Crippen molar-refractivity contribution < 1.29 is 22.4 Å². The van der Waals surface area contributed by atoms with Crippen molar-refractivity contribution in [3.63, 3.8) is 0 Å². The fourth-order valence-electron chi connectivity index (χ4n) is 3.35. The van der Waals surface area contributed by atoms with E-state index in [1.807, 2.05) is 42.1 Å². The van der Waals surface area contributed by atoms with Gasteiger partial charge in [-0.05, 0) is 24.3 Å². The van der Waals surface area contributed by atoms with Crippen LogP contribution in [0.2, 0.25) is 0 Å². The first-order chi connectivity index (χ1) is 13.8. The Kier molecular flexibility index (Phi) is 4.85. The molecular formula is C20H15F4N3OS. The molecule has 1 amide bonds. The van der Waals surface area contributed by atoms with E-state index >= 15 is 0 Å². The molecule has 3 aromatic rings. The molecule has 1 aliphatic heterocycles. The van der Waals surface area contributed by atoms with E-state index in [2.05, 4.69) is 4.99 Å². The first-order valence-electron chi connectivity index (χ1n) is 8.66. The molecule has 0 unspecified atom stereocenters. The average Bonchev–Trinajstić information content (AvgIpc) is 3.25. The highest BCUT2D eigenvalue weighted by molar-refractivity contribution is 7.98. The van der Waals surface area contributed by atoms with Gasteiger partial charge in [0.15, 0.2) is 5.49 Å². The molecule has 0 atom stereocenters. The Morgan fingerprint density at radius 2 is 1.79 bits per heavy atom. The number of alkyl halides is 3. The largest absolute Gasteiger partial charge is 0.419 e. The molecule has 0 saturated carbocycles. The molecule has 0 fully saturated rings. The third-order valence-electron chi connectivity index (χ3n) is 4.74. The highest BCUT2D eigenvalue weighted by atomic mass is 32.2. The first kappa shape index (κ1) is 19.5. The maximum Gasteiger partial charge on any atom is 0.419 e. The molecule has 0 N–H and O–H groups in total. The predicted molar refractivity (Wildman–Crippen MR) is 101 cm³/mol. The van der Waals surface area contributed by atoms with Crippen LogP contribution in [0.25, 0.3) is 5.69 Å². The van der Waals surface area contributed by atoms with E-state index in [1.165, 1.54) is 0 Å². The Hall–Kier alpha value is -2.81. The molecule has 0 radical (unpaired) electrons. The van der Waals surface area contributed by atoms with E-state index in [9.17, 15) is 22.4 Å². The van der Waals surface area contributed by atoms with Crippen LogP contribution >= 0.6 is 11.8 Å². The number of thioether (sulfide) groups is 1. The fourth-order valence-corrected chi connectivity index (χ4v) is 4.50. The maximum atomic E-state index is 14.4. The van der Waals surface area contributed by atoms with Crippen molar-refractivity contribution in [2.24, 2.45) is 12.0 Å². The smallest absolute Gasteiger partial charge is 0.285 e. The van der Waals surface area contributed by atoms with Crippen LogP contribution in [0, 0.1) is 5.82 Å². The molecular weight excluding hydrogens is 406 g/mol. The Morgan fingerprint density at radius 3 is 2.48 bits per heavy atom. The molecule has 29 heavy (non-hydrogen) atoms. The molecule has 0 bridgehead atoms. The number of aromatic nitrogens is 2. The lowest BCUT2D eigenvalue weighted by molar-refractivity contribution is -0.140. The molecule has 150 valence electrons. The van der Waals surface area contributed by atoms with Crippen molar-refractivity contribution in [1.29, 1.82) is 0 Å². The molecule has 1 aromatic heterocycles. The molecule has 0 spiro atoms. The van der Waals surface area contributed by atoms with Gasteiger partial charge in [0, 0.05) is 24.1 Å². The van der Waals surface area contributed by atoms with Gasteiger partial charge in [0.2, 0.25) is 0 Å². The minimum absolute atomic E-state index is 0.306. The zero-order valence-electron chi connectivity index (χ0n) is 15.2. The number of fused-ring (bicyclic) bond motifs is 1. The number of hydrogen-bond acceptors (Lipinski definition) is 2.